The molecule has 2 nitrogen and oxygen atoms in total. The first kappa shape index (κ1) is 18.5. The predicted octanol–water partition coefficient (Wildman–Crippen LogP) is 7.78. The lowest BCUT2D eigenvalue weighted by Crippen LogP contribution is -2.07. The molecule has 7 aromatic rings. The summed E-state index contributed by atoms with van der Waals surface area (Å²) in [7, 11) is 0. The molecule has 0 aliphatic carbocycles. The van der Waals surface area contributed by atoms with Gasteiger partial charge in [-0.3, -0.25) is 0 Å². The van der Waals surface area contributed by atoms with E-state index in [0.29, 0.717) is 0 Å². The predicted molar refractivity (Wildman–Crippen MR) is 148 cm³/mol. The van der Waals surface area contributed by atoms with Crippen molar-refractivity contribution in [3.05, 3.63) is 130 Å². The standard InChI is InChI=1S/C34H18N2/c1-2-6-21-19(5-1)9-13-24-22(21)12-10-20-11-14-27-25(31(20)24)15-16-28-32-30(36-33(27)28)18-17-26-23-7-3-4-8-29(23)35-34(26)32/h1-18H. The molecule has 7 aromatic carbocycles. The minimum atomic E-state index is 1.01. The average Bonchev–Trinajstić information content (AvgIpc) is 3.50. The maximum atomic E-state index is 5.16. The topological polar surface area (TPSA) is 24.7 Å². The van der Waals surface area contributed by atoms with Crippen molar-refractivity contribution in [3.63, 3.8) is 0 Å². The first-order chi connectivity index (χ1) is 17.8. The van der Waals surface area contributed by atoms with Gasteiger partial charge in [0, 0.05) is 27.0 Å². The van der Waals surface area contributed by atoms with Gasteiger partial charge in [0.05, 0.1) is 22.1 Å². The van der Waals surface area contributed by atoms with Crippen LogP contribution in [-0.4, -0.2) is 0 Å². The molecular formula is C34H18N2. The second-order valence-electron chi connectivity index (χ2n) is 9.76. The van der Waals surface area contributed by atoms with Gasteiger partial charge < -0.3 is 0 Å². The van der Waals surface area contributed by atoms with Gasteiger partial charge in [-0.1, -0.05) is 91.0 Å². The van der Waals surface area contributed by atoms with Crippen molar-refractivity contribution in [1.82, 2.24) is 0 Å². The van der Waals surface area contributed by atoms with E-state index in [-0.39, 0.29) is 0 Å². The quantitative estimate of drug-likeness (QED) is 0.209. The van der Waals surface area contributed by atoms with E-state index >= 15 is 0 Å². The van der Waals surface area contributed by atoms with Crippen LogP contribution in [0.3, 0.4) is 0 Å². The van der Waals surface area contributed by atoms with Crippen molar-refractivity contribution < 1.29 is 0 Å². The summed E-state index contributed by atoms with van der Waals surface area (Å²) in [6.07, 6.45) is 0. The first-order valence-electron chi connectivity index (χ1n) is 12.4. The third-order valence-corrected chi connectivity index (χ3v) is 7.96. The smallest absolute Gasteiger partial charge is 0.0817 e. The van der Waals surface area contributed by atoms with Gasteiger partial charge in [0.2, 0.25) is 0 Å². The van der Waals surface area contributed by atoms with Gasteiger partial charge in [-0.2, -0.15) is 0 Å². The number of rotatable bonds is 0. The van der Waals surface area contributed by atoms with Crippen molar-refractivity contribution in [1.29, 1.82) is 0 Å². The van der Waals surface area contributed by atoms with E-state index in [1.54, 1.807) is 0 Å². The van der Waals surface area contributed by atoms with Gasteiger partial charge in [-0.05, 0) is 55.9 Å². The van der Waals surface area contributed by atoms with Crippen LogP contribution in [0.4, 0.5) is 11.4 Å². The van der Waals surface area contributed by atoms with Gasteiger partial charge in [0.15, 0.2) is 0 Å². The summed E-state index contributed by atoms with van der Waals surface area (Å²) < 4.78 is 0. The zero-order chi connectivity index (χ0) is 23.4. The van der Waals surface area contributed by atoms with E-state index in [0.717, 1.165) is 27.3 Å². The van der Waals surface area contributed by atoms with Gasteiger partial charge in [-0.25, -0.2) is 9.98 Å². The van der Waals surface area contributed by atoms with Gasteiger partial charge in [0.1, 0.15) is 0 Å². The Morgan fingerprint density at radius 1 is 0.389 bits per heavy atom. The molecule has 0 radical (unpaired) electrons. The molecule has 2 heteroatoms. The normalized spacial score (nSPS) is 12.9. The molecule has 0 unspecified atom stereocenters. The van der Waals surface area contributed by atoms with Crippen molar-refractivity contribution in [2.24, 2.45) is 9.98 Å². The molecule has 0 fully saturated rings. The van der Waals surface area contributed by atoms with Crippen molar-refractivity contribution in [2.75, 3.05) is 0 Å². The fourth-order valence-corrected chi connectivity index (χ4v) is 6.35. The molecule has 36 heavy (non-hydrogen) atoms. The molecule has 9 rings (SSSR count). The Kier molecular flexibility index (Phi) is 3.31. The third kappa shape index (κ3) is 2.22. The molecule has 0 saturated heterocycles. The Hall–Kier alpha value is -4.82. The van der Waals surface area contributed by atoms with Crippen LogP contribution >= 0.6 is 0 Å². The van der Waals surface area contributed by atoms with Crippen LogP contribution < -0.4 is 10.7 Å². The zero-order valence-corrected chi connectivity index (χ0v) is 19.3. The molecule has 0 saturated carbocycles. The highest BCUT2D eigenvalue weighted by atomic mass is 14.8. The van der Waals surface area contributed by atoms with Crippen molar-refractivity contribution in [3.8, 4) is 11.1 Å². The Morgan fingerprint density at radius 2 is 1.11 bits per heavy atom. The lowest BCUT2D eigenvalue weighted by molar-refractivity contribution is 1.35. The monoisotopic (exact) mass is 454 g/mol. The average molecular weight is 455 g/mol. The molecule has 2 heterocycles. The van der Waals surface area contributed by atoms with Crippen LogP contribution in [0.5, 0.6) is 0 Å². The molecule has 164 valence electrons. The Bertz CT molecular complexity index is 2370. The summed E-state index contributed by atoms with van der Waals surface area (Å²) in [4.78, 5) is 10.2. The van der Waals surface area contributed by atoms with Crippen LogP contribution in [0, 0.1) is 10.4 Å². The lowest BCUT2D eigenvalue weighted by atomic mass is 9.93. The van der Waals surface area contributed by atoms with Crippen LogP contribution in [0.25, 0.3) is 54.2 Å². The molecule has 0 amide bonds. The summed E-state index contributed by atoms with van der Waals surface area (Å²) in [6, 6.07) is 39.4. The first-order valence-corrected chi connectivity index (χ1v) is 12.4. The lowest BCUT2D eigenvalue weighted by Gasteiger charge is -2.10. The zero-order valence-electron chi connectivity index (χ0n) is 19.3. The largest absolute Gasteiger partial charge is 0.247 e. The number of fused-ring (bicyclic) bond motifs is 14. The molecule has 2 aliphatic rings. The van der Waals surface area contributed by atoms with E-state index in [2.05, 4.69) is 109 Å². The minimum absolute atomic E-state index is 1.01. The summed E-state index contributed by atoms with van der Waals surface area (Å²) in [6.45, 7) is 0. The molecule has 0 spiro atoms. The van der Waals surface area contributed by atoms with Crippen molar-refractivity contribution in [2.45, 2.75) is 0 Å². The molecule has 0 bridgehead atoms. The van der Waals surface area contributed by atoms with Gasteiger partial charge in [0.25, 0.3) is 0 Å². The summed E-state index contributed by atoms with van der Waals surface area (Å²) in [5, 5.41) is 14.6. The molecule has 2 aliphatic heterocycles. The molecule has 0 atom stereocenters. The van der Waals surface area contributed by atoms with E-state index in [1.165, 1.54) is 59.4 Å². The maximum absolute atomic E-state index is 5.16. The number of para-hydroxylation sites is 1. The van der Waals surface area contributed by atoms with Crippen LogP contribution in [0.2, 0.25) is 0 Å². The van der Waals surface area contributed by atoms with Crippen LogP contribution in [0.15, 0.2) is 119 Å². The van der Waals surface area contributed by atoms with E-state index < -0.39 is 0 Å². The summed E-state index contributed by atoms with van der Waals surface area (Å²) in [5.74, 6) is 0. The Labute approximate surface area is 205 Å². The fraction of sp³-hybridized carbons (Fsp3) is 0. The SMILES string of the molecule is c1ccc2c(c1)N=c1c-2ccc2c1=c1ccc3c(ccc4ccc5c6ccccc6ccc5c43)c1=N2. The number of hydrogen-bond acceptors (Lipinski definition) is 2. The summed E-state index contributed by atoms with van der Waals surface area (Å²) >= 11 is 0. The third-order valence-electron chi connectivity index (χ3n) is 7.96. The second kappa shape index (κ2) is 6.44. The highest BCUT2D eigenvalue weighted by Crippen LogP contribution is 2.37. The van der Waals surface area contributed by atoms with E-state index in [9.17, 15) is 0 Å². The molecular weight excluding hydrogens is 436 g/mol. The van der Waals surface area contributed by atoms with Gasteiger partial charge in [-0.15, -0.1) is 0 Å². The van der Waals surface area contributed by atoms with Crippen LogP contribution in [0.1, 0.15) is 0 Å². The number of hydrogen-bond donors (Lipinski definition) is 0. The number of nitrogens with zero attached hydrogens (tertiary/aromatic N) is 2. The van der Waals surface area contributed by atoms with Gasteiger partial charge >= 0.3 is 0 Å². The summed E-state index contributed by atoms with van der Waals surface area (Å²) in [5.41, 5.74) is 4.45. The van der Waals surface area contributed by atoms with Crippen LogP contribution in [-0.2, 0) is 0 Å². The Balaban J connectivity index is 1.45. The van der Waals surface area contributed by atoms with E-state index in [4.69, 9.17) is 9.98 Å². The highest BCUT2D eigenvalue weighted by molar-refractivity contribution is 6.24. The number of benzene rings is 7. The van der Waals surface area contributed by atoms with Crippen molar-refractivity contribution >= 4 is 54.5 Å². The van der Waals surface area contributed by atoms with E-state index in [1.807, 2.05) is 0 Å². The Morgan fingerprint density at radius 3 is 2.08 bits per heavy atom. The fourth-order valence-electron chi connectivity index (χ4n) is 6.35. The minimum Gasteiger partial charge on any atom is -0.247 e. The molecule has 0 aromatic heterocycles. The second-order valence-corrected chi connectivity index (χ2v) is 9.76. The maximum Gasteiger partial charge on any atom is 0.0817 e. The molecule has 0 N–H and O–H groups in total. The highest BCUT2D eigenvalue weighted by Gasteiger charge is 2.18.